The molecule has 198 valence electrons. The van der Waals surface area contributed by atoms with Crippen LogP contribution < -0.4 is 15.6 Å². The molecule has 4 aromatic carbocycles. The molecule has 1 amide bonds. The molecule has 0 radical (unpaired) electrons. The minimum atomic E-state index is -0.813. The van der Waals surface area contributed by atoms with Gasteiger partial charge in [-0.15, -0.1) is 0 Å². The van der Waals surface area contributed by atoms with Gasteiger partial charge in [-0.1, -0.05) is 78.9 Å². The maximum atomic E-state index is 13.6. The molecule has 0 spiro atoms. The van der Waals surface area contributed by atoms with E-state index < -0.39 is 24.0 Å². The molecule has 0 fully saturated rings. The van der Waals surface area contributed by atoms with Crippen LogP contribution in [0, 0.1) is 0 Å². The number of rotatable bonds is 8. The van der Waals surface area contributed by atoms with Crippen molar-refractivity contribution in [2.75, 3.05) is 12.4 Å². The summed E-state index contributed by atoms with van der Waals surface area (Å²) in [5, 5.41) is 7.32. The summed E-state index contributed by atoms with van der Waals surface area (Å²) >= 11 is 0. The van der Waals surface area contributed by atoms with E-state index in [1.807, 2.05) is 66.7 Å². The Labute approximate surface area is 230 Å². The first-order chi connectivity index (χ1) is 19.5. The largest absolute Gasteiger partial charge is 0.465 e. The van der Waals surface area contributed by atoms with Crippen molar-refractivity contribution < 1.29 is 19.1 Å². The summed E-state index contributed by atoms with van der Waals surface area (Å²) in [5.41, 5.74) is 1.60. The molecular weight excluding hydrogens is 506 g/mol. The fourth-order valence-electron chi connectivity index (χ4n) is 4.22. The van der Waals surface area contributed by atoms with E-state index in [9.17, 15) is 14.4 Å². The third-order valence-electron chi connectivity index (χ3n) is 6.07. The lowest BCUT2D eigenvalue weighted by Crippen LogP contribution is -2.34. The van der Waals surface area contributed by atoms with Crippen LogP contribution in [0.15, 0.2) is 120 Å². The first-order valence-corrected chi connectivity index (χ1v) is 12.5. The second kappa shape index (κ2) is 11.9. The maximum absolute atomic E-state index is 13.6. The third-order valence-corrected chi connectivity index (χ3v) is 6.07. The van der Waals surface area contributed by atoms with Gasteiger partial charge in [-0.2, -0.15) is 5.10 Å². The van der Waals surface area contributed by atoms with E-state index in [2.05, 4.69) is 10.4 Å². The van der Waals surface area contributed by atoms with Gasteiger partial charge >= 0.3 is 5.97 Å². The number of esters is 1. The van der Waals surface area contributed by atoms with E-state index >= 15 is 0 Å². The summed E-state index contributed by atoms with van der Waals surface area (Å²) < 4.78 is 11.8. The highest BCUT2D eigenvalue weighted by Crippen LogP contribution is 2.32. The zero-order valence-electron chi connectivity index (χ0n) is 21.6. The van der Waals surface area contributed by atoms with Crippen molar-refractivity contribution in [2.45, 2.75) is 6.54 Å². The Morgan fingerprint density at radius 3 is 1.90 bits per heavy atom. The number of benzene rings is 4. The monoisotopic (exact) mass is 531 g/mol. The van der Waals surface area contributed by atoms with Crippen LogP contribution in [0.1, 0.15) is 10.4 Å². The number of methoxy groups -OCH3 is 1. The van der Waals surface area contributed by atoms with Gasteiger partial charge in [0.1, 0.15) is 23.6 Å². The molecule has 1 N–H and O–H groups in total. The van der Waals surface area contributed by atoms with Gasteiger partial charge in [-0.25, -0.2) is 9.48 Å². The SMILES string of the molecule is COC(=O)c1c(-c2ccccc2)c(-c2ccccc2)nn(CC(=O)Nc2ccc(Oc3ccccc3)cc2)c1=O. The fourth-order valence-corrected chi connectivity index (χ4v) is 4.22. The minimum Gasteiger partial charge on any atom is -0.465 e. The lowest BCUT2D eigenvalue weighted by molar-refractivity contribution is -0.117. The van der Waals surface area contributed by atoms with Crippen molar-refractivity contribution in [1.29, 1.82) is 0 Å². The Hall–Kier alpha value is -5.50. The topological polar surface area (TPSA) is 99.5 Å². The number of amides is 1. The molecule has 0 saturated heterocycles. The molecule has 1 heterocycles. The molecule has 1 aromatic heterocycles. The highest BCUT2D eigenvalue weighted by atomic mass is 16.5. The number of anilines is 1. The van der Waals surface area contributed by atoms with Gasteiger partial charge in [-0.3, -0.25) is 9.59 Å². The van der Waals surface area contributed by atoms with Gasteiger partial charge in [0.05, 0.1) is 12.8 Å². The molecule has 0 aliphatic rings. The smallest absolute Gasteiger partial charge is 0.344 e. The third kappa shape index (κ3) is 5.81. The molecule has 0 atom stereocenters. The highest BCUT2D eigenvalue weighted by Gasteiger charge is 2.26. The lowest BCUT2D eigenvalue weighted by Gasteiger charge is -2.16. The number of ether oxygens (including phenoxy) is 2. The molecule has 5 rings (SSSR count). The standard InChI is InChI=1S/C32H25N3O5/c1-39-32(38)29-28(22-11-5-2-6-12-22)30(23-13-7-3-8-14-23)34-35(31(29)37)21-27(36)33-24-17-19-26(20-18-24)40-25-15-9-4-10-16-25/h2-20H,21H2,1H3,(H,33,36). The Morgan fingerprint density at radius 2 is 1.30 bits per heavy atom. The predicted octanol–water partition coefficient (Wildman–Crippen LogP) is 5.79. The average Bonchev–Trinajstić information content (AvgIpc) is 3.00. The summed E-state index contributed by atoms with van der Waals surface area (Å²) in [6, 6.07) is 34.4. The van der Waals surface area contributed by atoms with Gasteiger partial charge < -0.3 is 14.8 Å². The molecule has 0 saturated carbocycles. The highest BCUT2D eigenvalue weighted by molar-refractivity contribution is 6.01. The zero-order chi connectivity index (χ0) is 27.9. The van der Waals surface area contributed by atoms with Crippen LogP contribution in [0.5, 0.6) is 11.5 Å². The van der Waals surface area contributed by atoms with Crippen LogP contribution in [0.25, 0.3) is 22.4 Å². The number of aromatic nitrogens is 2. The van der Waals surface area contributed by atoms with Crippen LogP contribution >= 0.6 is 0 Å². The van der Waals surface area contributed by atoms with Crippen molar-refractivity contribution in [2.24, 2.45) is 0 Å². The number of nitrogens with one attached hydrogen (secondary N) is 1. The van der Waals surface area contributed by atoms with Crippen molar-refractivity contribution in [1.82, 2.24) is 9.78 Å². The first kappa shape index (κ1) is 26.1. The number of hydrogen-bond donors (Lipinski definition) is 1. The van der Waals surface area contributed by atoms with E-state index in [1.54, 1.807) is 48.5 Å². The average molecular weight is 532 g/mol. The molecule has 5 aromatic rings. The number of nitrogens with zero attached hydrogens (tertiary/aromatic N) is 2. The van der Waals surface area contributed by atoms with E-state index in [4.69, 9.17) is 9.47 Å². The number of carbonyl (C=O) groups is 2. The summed E-state index contributed by atoms with van der Waals surface area (Å²) in [7, 11) is 1.21. The Kier molecular flexibility index (Phi) is 7.78. The molecule has 8 nitrogen and oxygen atoms in total. The van der Waals surface area contributed by atoms with E-state index in [-0.39, 0.29) is 5.56 Å². The predicted molar refractivity (Wildman–Crippen MR) is 152 cm³/mol. The first-order valence-electron chi connectivity index (χ1n) is 12.5. The fraction of sp³-hybridized carbons (Fsp3) is 0.0625. The van der Waals surface area contributed by atoms with Crippen molar-refractivity contribution >= 4 is 17.6 Å². The van der Waals surface area contributed by atoms with Crippen LogP contribution in [-0.4, -0.2) is 28.8 Å². The zero-order valence-corrected chi connectivity index (χ0v) is 21.6. The van der Waals surface area contributed by atoms with Crippen molar-refractivity contribution in [3.8, 4) is 33.9 Å². The summed E-state index contributed by atoms with van der Waals surface area (Å²) in [6.07, 6.45) is 0. The van der Waals surface area contributed by atoms with Gasteiger partial charge in [0, 0.05) is 16.8 Å². The van der Waals surface area contributed by atoms with Gasteiger partial charge in [-0.05, 0) is 42.0 Å². The number of carbonyl (C=O) groups excluding carboxylic acids is 2. The van der Waals surface area contributed by atoms with E-state index in [1.165, 1.54) is 7.11 Å². The second-order valence-electron chi connectivity index (χ2n) is 8.77. The number of para-hydroxylation sites is 1. The Balaban J connectivity index is 1.47. The summed E-state index contributed by atoms with van der Waals surface area (Å²) in [6.45, 7) is -0.417. The summed E-state index contributed by atoms with van der Waals surface area (Å²) in [5.74, 6) is -0.00617. The Bertz CT molecular complexity index is 1680. The molecule has 0 unspecified atom stereocenters. The maximum Gasteiger partial charge on any atom is 0.344 e. The van der Waals surface area contributed by atoms with Crippen molar-refractivity contribution in [3.63, 3.8) is 0 Å². The van der Waals surface area contributed by atoms with Gasteiger partial charge in [0.2, 0.25) is 5.91 Å². The van der Waals surface area contributed by atoms with E-state index in [0.717, 1.165) is 4.68 Å². The normalized spacial score (nSPS) is 10.5. The van der Waals surface area contributed by atoms with Crippen LogP contribution in [-0.2, 0) is 16.1 Å². The molecule has 0 bridgehead atoms. The van der Waals surface area contributed by atoms with Gasteiger partial charge in [0.15, 0.2) is 0 Å². The van der Waals surface area contributed by atoms with Gasteiger partial charge in [0.25, 0.3) is 5.56 Å². The van der Waals surface area contributed by atoms with E-state index in [0.29, 0.717) is 39.6 Å². The molecule has 40 heavy (non-hydrogen) atoms. The van der Waals surface area contributed by atoms with Crippen LogP contribution in [0.2, 0.25) is 0 Å². The van der Waals surface area contributed by atoms with Crippen LogP contribution in [0.3, 0.4) is 0 Å². The number of hydrogen-bond acceptors (Lipinski definition) is 6. The van der Waals surface area contributed by atoms with Crippen molar-refractivity contribution in [3.05, 3.63) is 131 Å². The summed E-state index contributed by atoms with van der Waals surface area (Å²) in [4.78, 5) is 39.5. The second-order valence-corrected chi connectivity index (χ2v) is 8.77. The quantitative estimate of drug-likeness (QED) is 0.254. The molecular formula is C32H25N3O5. The minimum absolute atomic E-state index is 0.197. The molecule has 0 aliphatic carbocycles. The Morgan fingerprint density at radius 1 is 0.750 bits per heavy atom. The lowest BCUT2D eigenvalue weighted by atomic mass is 9.95. The van der Waals surface area contributed by atoms with Crippen LogP contribution in [0.4, 0.5) is 5.69 Å². The molecule has 8 heteroatoms. The molecule has 0 aliphatic heterocycles.